The number of hydrogen-bond donors (Lipinski definition) is 2. The number of carbonyl (C=O) groups is 1. The molecule has 0 aliphatic heterocycles. The number of carbonyl (C=O) groups excluding carboxylic acids is 1. The van der Waals surface area contributed by atoms with E-state index >= 15 is 0 Å². The van der Waals surface area contributed by atoms with Crippen molar-refractivity contribution in [1.82, 2.24) is 15.1 Å². The molecule has 1 aromatic heterocycles. The van der Waals surface area contributed by atoms with Crippen LogP contribution in [-0.2, 0) is 7.05 Å². The van der Waals surface area contributed by atoms with E-state index in [9.17, 15) is 4.79 Å². The molecule has 21 heavy (non-hydrogen) atoms. The van der Waals surface area contributed by atoms with Gasteiger partial charge in [0, 0.05) is 30.1 Å². The first-order valence-corrected chi connectivity index (χ1v) is 6.55. The number of nitrogen functional groups attached to an aromatic ring is 1. The maximum absolute atomic E-state index is 12.3. The molecule has 0 radical (unpaired) electrons. The van der Waals surface area contributed by atoms with E-state index in [1.165, 1.54) is 0 Å². The van der Waals surface area contributed by atoms with Gasteiger partial charge in [0.05, 0.1) is 11.7 Å². The fourth-order valence-corrected chi connectivity index (χ4v) is 2.28. The van der Waals surface area contributed by atoms with Crippen molar-refractivity contribution in [3.63, 3.8) is 0 Å². The Morgan fingerprint density at radius 2 is 2.05 bits per heavy atom. The van der Waals surface area contributed by atoms with Crippen molar-refractivity contribution in [2.24, 2.45) is 7.05 Å². The molecule has 0 saturated carbocycles. The molecule has 114 valence electrons. The molecule has 2 rings (SSSR count). The van der Waals surface area contributed by atoms with Crippen LogP contribution in [0.4, 0.5) is 5.69 Å². The van der Waals surface area contributed by atoms with Crippen LogP contribution in [-0.4, -0.2) is 15.7 Å². The zero-order valence-corrected chi connectivity index (χ0v) is 13.5. The number of halogens is 1. The quantitative estimate of drug-likeness (QED) is 0.856. The fourth-order valence-electron chi connectivity index (χ4n) is 2.28. The van der Waals surface area contributed by atoms with Crippen LogP contribution in [0.25, 0.3) is 0 Å². The fraction of sp³-hybridized carbons (Fsp3) is 0.333. The molecule has 1 atom stereocenters. The number of nitrogens with zero attached hydrogens (tertiary/aromatic N) is 2. The predicted octanol–water partition coefficient (Wildman–Crippen LogP) is 2.53. The Labute approximate surface area is 130 Å². The topological polar surface area (TPSA) is 72.9 Å². The Morgan fingerprint density at radius 1 is 1.38 bits per heavy atom. The second kappa shape index (κ2) is 6.63. The van der Waals surface area contributed by atoms with Gasteiger partial charge in [-0.1, -0.05) is 6.07 Å². The normalized spacial score (nSPS) is 11.6. The highest BCUT2D eigenvalue weighted by atomic mass is 35.5. The summed E-state index contributed by atoms with van der Waals surface area (Å²) in [6.07, 6.45) is 1.92. The van der Waals surface area contributed by atoms with Gasteiger partial charge in [0.25, 0.3) is 5.91 Å². The highest BCUT2D eigenvalue weighted by Crippen LogP contribution is 2.18. The largest absolute Gasteiger partial charge is 0.399 e. The smallest absolute Gasteiger partial charge is 0.252 e. The molecule has 3 N–H and O–H groups in total. The molecule has 0 spiro atoms. The second-order valence-electron chi connectivity index (χ2n) is 5.11. The van der Waals surface area contributed by atoms with Gasteiger partial charge in [-0.25, -0.2) is 0 Å². The second-order valence-corrected chi connectivity index (χ2v) is 5.11. The first-order valence-electron chi connectivity index (χ1n) is 6.55. The van der Waals surface area contributed by atoms with Crippen molar-refractivity contribution in [3.05, 3.63) is 46.8 Å². The minimum Gasteiger partial charge on any atom is -0.399 e. The average molecular weight is 309 g/mol. The summed E-state index contributed by atoms with van der Waals surface area (Å²) in [5.74, 6) is -0.120. The van der Waals surface area contributed by atoms with E-state index in [4.69, 9.17) is 5.73 Å². The predicted molar refractivity (Wildman–Crippen MR) is 86.7 cm³/mol. The number of nitrogens with one attached hydrogen (secondary N) is 1. The maximum atomic E-state index is 12.3. The zero-order valence-electron chi connectivity index (χ0n) is 12.7. The van der Waals surface area contributed by atoms with E-state index in [2.05, 4.69) is 10.4 Å². The summed E-state index contributed by atoms with van der Waals surface area (Å²) in [7, 11) is 1.87. The van der Waals surface area contributed by atoms with Gasteiger partial charge in [0.1, 0.15) is 0 Å². The van der Waals surface area contributed by atoms with Crippen LogP contribution in [0.2, 0.25) is 0 Å². The first kappa shape index (κ1) is 17.0. The molecule has 1 heterocycles. The highest BCUT2D eigenvalue weighted by Gasteiger charge is 2.16. The molecular weight excluding hydrogens is 288 g/mol. The minimum atomic E-state index is -0.120. The van der Waals surface area contributed by atoms with E-state index in [1.54, 1.807) is 16.8 Å². The third kappa shape index (κ3) is 3.76. The minimum absolute atomic E-state index is 0. The number of rotatable bonds is 3. The Hall–Kier alpha value is -2.01. The number of nitrogens with two attached hydrogens (primary N) is 1. The molecular formula is C15H21ClN4O. The number of amides is 1. The van der Waals surface area contributed by atoms with Crippen molar-refractivity contribution in [3.8, 4) is 0 Å². The summed E-state index contributed by atoms with van der Waals surface area (Å²) >= 11 is 0. The van der Waals surface area contributed by atoms with Gasteiger partial charge in [0.2, 0.25) is 0 Å². The molecule has 1 unspecified atom stereocenters. The summed E-state index contributed by atoms with van der Waals surface area (Å²) in [6.45, 7) is 5.78. The van der Waals surface area contributed by atoms with E-state index in [0.29, 0.717) is 11.3 Å². The van der Waals surface area contributed by atoms with Crippen LogP contribution < -0.4 is 11.1 Å². The molecule has 0 fully saturated rings. The first-order chi connectivity index (χ1) is 9.38. The molecule has 5 nitrogen and oxygen atoms in total. The molecule has 1 amide bonds. The van der Waals surface area contributed by atoms with Crippen LogP contribution in [0.3, 0.4) is 0 Å². The lowest BCUT2D eigenvalue weighted by atomic mass is 10.1. The summed E-state index contributed by atoms with van der Waals surface area (Å²) in [6, 6.07) is 5.25. The van der Waals surface area contributed by atoms with Gasteiger partial charge in [-0.05, 0) is 38.5 Å². The van der Waals surface area contributed by atoms with Crippen LogP contribution in [0.1, 0.15) is 40.1 Å². The van der Waals surface area contributed by atoms with Crippen molar-refractivity contribution >= 4 is 24.0 Å². The standard InChI is InChI=1S/C15H20N4O.ClH/c1-9-5-6-12(16)7-13(9)15(20)17-10(2)14-8-19(4)18-11(14)3;/h5-8,10H,16H2,1-4H3,(H,17,20);1H. The molecule has 6 heteroatoms. The summed E-state index contributed by atoms with van der Waals surface area (Å²) in [5.41, 5.74) is 9.79. The maximum Gasteiger partial charge on any atom is 0.252 e. The van der Waals surface area contributed by atoms with E-state index in [0.717, 1.165) is 16.8 Å². The van der Waals surface area contributed by atoms with Crippen molar-refractivity contribution in [2.45, 2.75) is 26.8 Å². The van der Waals surface area contributed by atoms with E-state index in [-0.39, 0.29) is 24.4 Å². The lowest BCUT2D eigenvalue weighted by Gasteiger charge is -2.14. The van der Waals surface area contributed by atoms with Gasteiger partial charge < -0.3 is 11.1 Å². The van der Waals surface area contributed by atoms with E-state index in [1.807, 2.05) is 40.1 Å². The molecule has 0 bridgehead atoms. The van der Waals surface area contributed by atoms with Crippen molar-refractivity contribution in [1.29, 1.82) is 0 Å². The molecule has 0 saturated heterocycles. The lowest BCUT2D eigenvalue weighted by molar-refractivity contribution is 0.0939. The van der Waals surface area contributed by atoms with Gasteiger partial charge >= 0.3 is 0 Å². The van der Waals surface area contributed by atoms with Crippen LogP contribution >= 0.6 is 12.4 Å². The number of benzene rings is 1. The SMILES string of the molecule is Cc1ccc(N)cc1C(=O)NC(C)c1cn(C)nc1C.Cl. The summed E-state index contributed by atoms with van der Waals surface area (Å²) < 4.78 is 1.75. The monoisotopic (exact) mass is 308 g/mol. The van der Waals surface area contributed by atoms with Crippen LogP contribution in [0.15, 0.2) is 24.4 Å². The van der Waals surface area contributed by atoms with Crippen molar-refractivity contribution in [2.75, 3.05) is 5.73 Å². The number of aromatic nitrogens is 2. The van der Waals surface area contributed by atoms with Crippen molar-refractivity contribution < 1.29 is 4.79 Å². The van der Waals surface area contributed by atoms with E-state index < -0.39 is 0 Å². The Balaban J connectivity index is 0.00000220. The Kier molecular flexibility index (Phi) is 5.38. The third-order valence-electron chi connectivity index (χ3n) is 3.37. The average Bonchev–Trinajstić information content (AvgIpc) is 2.71. The number of anilines is 1. The highest BCUT2D eigenvalue weighted by molar-refractivity contribution is 5.96. The van der Waals surface area contributed by atoms with Gasteiger partial charge in [-0.2, -0.15) is 5.10 Å². The van der Waals surface area contributed by atoms with Gasteiger partial charge in [-0.3, -0.25) is 9.48 Å². The van der Waals surface area contributed by atoms with Crippen LogP contribution in [0, 0.1) is 13.8 Å². The molecule has 2 aromatic rings. The van der Waals surface area contributed by atoms with Crippen LogP contribution in [0.5, 0.6) is 0 Å². The lowest BCUT2D eigenvalue weighted by Crippen LogP contribution is -2.27. The molecule has 0 aliphatic rings. The van der Waals surface area contributed by atoms with Gasteiger partial charge in [-0.15, -0.1) is 12.4 Å². The van der Waals surface area contributed by atoms with Gasteiger partial charge in [0.15, 0.2) is 0 Å². The third-order valence-corrected chi connectivity index (χ3v) is 3.37. The number of aryl methyl sites for hydroxylation is 3. The summed E-state index contributed by atoms with van der Waals surface area (Å²) in [4.78, 5) is 12.3. The summed E-state index contributed by atoms with van der Waals surface area (Å²) in [5, 5.41) is 7.28. The molecule has 1 aromatic carbocycles. The Morgan fingerprint density at radius 3 is 2.62 bits per heavy atom. The Bertz CT molecular complexity index is 651. The number of hydrogen-bond acceptors (Lipinski definition) is 3. The molecule has 0 aliphatic carbocycles. The zero-order chi connectivity index (χ0) is 14.9.